The summed E-state index contributed by atoms with van der Waals surface area (Å²) in [5.74, 6) is -0.329. The van der Waals surface area contributed by atoms with E-state index >= 15 is 0 Å². The standard InChI is InChI=1S/C19H28O7/c1-3-4-5-6-7-8-9-10-14-23-19(21)25-26-24-18(20)16-12-11-13-17(15-16)22-2/h11-13,15H,3-10,14H2,1-2H3. The lowest BCUT2D eigenvalue weighted by Gasteiger charge is -2.05. The molecule has 146 valence electrons. The molecule has 0 unspecified atom stereocenters. The Morgan fingerprint density at radius 1 is 0.923 bits per heavy atom. The van der Waals surface area contributed by atoms with Gasteiger partial charge in [0.15, 0.2) is 0 Å². The van der Waals surface area contributed by atoms with Crippen LogP contribution in [0.1, 0.15) is 68.6 Å². The van der Waals surface area contributed by atoms with Crippen LogP contribution in [0.25, 0.3) is 0 Å². The number of carbonyl (C=O) groups excluding carboxylic acids is 2. The van der Waals surface area contributed by atoms with Crippen molar-refractivity contribution in [3.8, 4) is 5.75 Å². The van der Waals surface area contributed by atoms with Gasteiger partial charge >= 0.3 is 12.1 Å². The summed E-state index contributed by atoms with van der Waals surface area (Å²) in [4.78, 5) is 31.6. The number of unbranched alkanes of at least 4 members (excludes halogenated alkanes) is 7. The van der Waals surface area contributed by atoms with Crippen LogP contribution in [-0.4, -0.2) is 25.8 Å². The zero-order chi connectivity index (χ0) is 19.0. The van der Waals surface area contributed by atoms with Gasteiger partial charge in [0.1, 0.15) is 5.75 Å². The molecule has 0 atom stereocenters. The van der Waals surface area contributed by atoms with Crippen LogP contribution in [0, 0.1) is 0 Å². The summed E-state index contributed by atoms with van der Waals surface area (Å²) in [5.41, 5.74) is 0.195. The zero-order valence-electron chi connectivity index (χ0n) is 15.5. The predicted octanol–water partition coefficient (Wildman–Crippen LogP) is 4.99. The molecule has 26 heavy (non-hydrogen) atoms. The molecular weight excluding hydrogens is 340 g/mol. The van der Waals surface area contributed by atoms with Gasteiger partial charge < -0.3 is 9.47 Å². The van der Waals surface area contributed by atoms with Crippen molar-refractivity contribution in [2.24, 2.45) is 0 Å². The average molecular weight is 368 g/mol. The molecule has 0 radical (unpaired) electrons. The van der Waals surface area contributed by atoms with E-state index < -0.39 is 12.1 Å². The first-order valence-electron chi connectivity index (χ1n) is 9.03. The van der Waals surface area contributed by atoms with E-state index in [9.17, 15) is 9.59 Å². The predicted molar refractivity (Wildman–Crippen MR) is 94.5 cm³/mol. The second-order valence-corrected chi connectivity index (χ2v) is 5.83. The van der Waals surface area contributed by atoms with Crippen LogP contribution in [0.2, 0.25) is 0 Å². The molecule has 0 N–H and O–H groups in total. The highest BCUT2D eigenvalue weighted by atomic mass is 17.5. The monoisotopic (exact) mass is 368 g/mol. The quantitative estimate of drug-likeness (QED) is 0.210. The van der Waals surface area contributed by atoms with Crippen LogP contribution in [-0.2, 0) is 19.6 Å². The second kappa shape index (κ2) is 13.9. The summed E-state index contributed by atoms with van der Waals surface area (Å²) in [6, 6.07) is 6.27. The number of hydrogen-bond donors (Lipinski definition) is 0. The summed E-state index contributed by atoms with van der Waals surface area (Å²) in [6.07, 6.45) is 8.09. The third kappa shape index (κ3) is 9.88. The third-order valence-corrected chi connectivity index (χ3v) is 3.74. The average Bonchev–Trinajstić information content (AvgIpc) is 2.66. The fourth-order valence-corrected chi connectivity index (χ4v) is 2.29. The molecule has 7 nitrogen and oxygen atoms in total. The number of benzene rings is 1. The van der Waals surface area contributed by atoms with E-state index in [4.69, 9.17) is 9.47 Å². The van der Waals surface area contributed by atoms with Crippen LogP contribution in [0.3, 0.4) is 0 Å². The smallest absolute Gasteiger partial charge is 0.497 e. The van der Waals surface area contributed by atoms with Crippen LogP contribution >= 0.6 is 0 Å². The van der Waals surface area contributed by atoms with Crippen molar-refractivity contribution >= 4 is 12.1 Å². The highest BCUT2D eigenvalue weighted by Gasteiger charge is 2.12. The zero-order valence-corrected chi connectivity index (χ0v) is 15.5. The largest absolute Gasteiger partial charge is 0.543 e. The summed E-state index contributed by atoms with van der Waals surface area (Å²) >= 11 is 0. The van der Waals surface area contributed by atoms with Gasteiger partial charge in [-0.1, -0.05) is 57.9 Å². The molecule has 0 saturated heterocycles. The highest BCUT2D eigenvalue weighted by Crippen LogP contribution is 2.13. The van der Waals surface area contributed by atoms with E-state index in [2.05, 4.69) is 21.7 Å². The molecule has 0 heterocycles. The lowest BCUT2D eigenvalue weighted by molar-refractivity contribution is -0.452. The Hall–Kier alpha value is -2.28. The molecular formula is C19H28O7. The summed E-state index contributed by atoms with van der Waals surface area (Å²) in [7, 11) is 1.48. The molecule has 0 saturated carbocycles. The lowest BCUT2D eigenvalue weighted by Crippen LogP contribution is -2.12. The number of rotatable bonds is 13. The number of carbonyl (C=O) groups is 2. The van der Waals surface area contributed by atoms with Crippen molar-refractivity contribution in [3.63, 3.8) is 0 Å². The van der Waals surface area contributed by atoms with Crippen LogP contribution in [0.5, 0.6) is 5.75 Å². The van der Waals surface area contributed by atoms with Crippen LogP contribution in [0.15, 0.2) is 24.3 Å². The molecule has 0 bridgehead atoms. The van der Waals surface area contributed by atoms with E-state index in [0.717, 1.165) is 19.3 Å². The number of ether oxygens (including phenoxy) is 2. The molecule has 0 aliphatic carbocycles. The van der Waals surface area contributed by atoms with Crippen LogP contribution < -0.4 is 4.74 Å². The van der Waals surface area contributed by atoms with Crippen molar-refractivity contribution in [3.05, 3.63) is 29.8 Å². The lowest BCUT2D eigenvalue weighted by atomic mass is 10.1. The number of methoxy groups -OCH3 is 1. The van der Waals surface area contributed by atoms with Gasteiger partial charge in [0, 0.05) is 0 Å². The molecule has 0 fully saturated rings. The van der Waals surface area contributed by atoms with Gasteiger partial charge in [-0.3, -0.25) is 4.89 Å². The maximum absolute atomic E-state index is 11.7. The van der Waals surface area contributed by atoms with E-state index in [0.29, 0.717) is 5.75 Å². The van der Waals surface area contributed by atoms with Crippen molar-refractivity contribution in [2.75, 3.05) is 13.7 Å². The maximum atomic E-state index is 11.7. The van der Waals surface area contributed by atoms with E-state index in [-0.39, 0.29) is 12.2 Å². The fourth-order valence-electron chi connectivity index (χ4n) is 2.29. The normalized spacial score (nSPS) is 10.2. The second-order valence-electron chi connectivity index (χ2n) is 5.83. The molecule has 0 aliphatic heterocycles. The Labute approximate surface area is 154 Å². The van der Waals surface area contributed by atoms with Crippen molar-refractivity contribution in [1.82, 2.24) is 0 Å². The number of hydrogen-bond acceptors (Lipinski definition) is 7. The minimum Gasteiger partial charge on any atom is -0.497 e. The van der Waals surface area contributed by atoms with E-state index in [1.807, 2.05) is 0 Å². The fraction of sp³-hybridized carbons (Fsp3) is 0.579. The summed E-state index contributed by atoms with van der Waals surface area (Å²) < 4.78 is 9.80. The molecule has 1 rings (SSSR count). The van der Waals surface area contributed by atoms with Gasteiger partial charge in [-0.15, -0.1) is 0 Å². The molecule has 1 aromatic rings. The van der Waals surface area contributed by atoms with Crippen molar-refractivity contribution in [1.29, 1.82) is 0 Å². The van der Waals surface area contributed by atoms with Gasteiger partial charge in [0.05, 0.1) is 24.3 Å². The molecule has 0 aromatic heterocycles. The van der Waals surface area contributed by atoms with Gasteiger partial charge in [-0.2, -0.15) is 0 Å². The molecule has 0 aliphatic rings. The van der Waals surface area contributed by atoms with Gasteiger partial charge in [-0.05, 0) is 24.6 Å². The Bertz CT molecular complexity index is 530. The third-order valence-electron chi connectivity index (χ3n) is 3.74. The van der Waals surface area contributed by atoms with Gasteiger partial charge in [0.2, 0.25) is 0 Å². The molecule has 1 aromatic carbocycles. The Morgan fingerprint density at radius 3 is 2.31 bits per heavy atom. The molecule has 7 heteroatoms. The summed E-state index contributed by atoms with van der Waals surface area (Å²) in [6.45, 7) is 2.43. The minimum absolute atomic E-state index is 0.195. The Kier molecular flexibility index (Phi) is 11.7. The molecule has 0 spiro atoms. The SMILES string of the molecule is CCCCCCCCCCOC(=O)OOOC(=O)c1cccc(OC)c1. The van der Waals surface area contributed by atoms with E-state index in [1.54, 1.807) is 12.1 Å². The van der Waals surface area contributed by atoms with Gasteiger partial charge in [0.25, 0.3) is 0 Å². The topological polar surface area (TPSA) is 80.3 Å². The molecule has 0 amide bonds. The van der Waals surface area contributed by atoms with E-state index in [1.165, 1.54) is 51.3 Å². The Morgan fingerprint density at radius 2 is 1.62 bits per heavy atom. The maximum Gasteiger partial charge on any atom is 0.543 e. The summed E-state index contributed by atoms with van der Waals surface area (Å²) in [5, 5.41) is 4.15. The first-order chi connectivity index (χ1) is 12.7. The first kappa shape index (κ1) is 21.8. The van der Waals surface area contributed by atoms with Crippen molar-refractivity contribution < 1.29 is 33.9 Å². The van der Waals surface area contributed by atoms with Crippen molar-refractivity contribution in [2.45, 2.75) is 58.3 Å². The van der Waals surface area contributed by atoms with Gasteiger partial charge in [-0.25, -0.2) is 14.5 Å². The first-order valence-corrected chi connectivity index (χ1v) is 9.03. The minimum atomic E-state index is -1.05. The Balaban J connectivity index is 2.03. The highest BCUT2D eigenvalue weighted by molar-refractivity contribution is 5.89. The van der Waals surface area contributed by atoms with Crippen LogP contribution in [0.4, 0.5) is 4.79 Å².